The van der Waals surface area contributed by atoms with Gasteiger partial charge in [-0.3, -0.25) is 4.79 Å². The third kappa shape index (κ3) is 2.62. The molecule has 0 bridgehead atoms. The van der Waals surface area contributed by atoms with Crippen molar-refractivity contribution in [3.63, 3.8) is 0 Å². The first-order valence-electron chi connectivity index (χ1n) is 6.92. The minimum absolute atomic E-state index is 0.153. The molecule has 0 aliphatic carbocycles. The number of nitrogens with two attached hydrogens (primary N) is 1. The van der Waals surface area contributed by atoms with Gasteiger partial charge in [0.15, 0.2) is 0 Å². The molecule has 2 aromatic rings. The first-order valence-corrected chi connectivity index (χ1v) is 6.92. The molecule has 2 aromatic carbocycles. The number of benzene rings is 2. The summed E-state index contributed by atoms with van der Waals surface area (Å²) in [7, 11) is 0. The van der Waals surface area contributed by atoms with E-state index in [1.54, 1.807) is 0 Å². The molecule has 0 spiro atoms. The number of nitrogen functional groups attached to an aromatic ring is 1. The molecule has 4 nitrogen and oxygen atoms in total. The van der Waals surface area contributed by atoms with Crippen molar-refractivity contribution < 1.29 is 9.53 Å². The molecule has 3 rings (SSSR count). The van der Waals surface area contributed by atoms with E-state index in [1.165, 1.54) is 0 Å². The first-order chi connectivity index (χ1) is 10.0. The average Bonchev–Trinajstić information content (AvgIpc) is 2.92. The van der Waals surface area contributed by atoms with Gasteiger partial charge in [-0.15, -0.1) is 0 Å². The van der Waals surface area contributed by atoms with Crippen LogP contribution in [0.3, 0.4) is 0 Å². The molecule has 1 aliphatic rings. The van der Waals surface area contributed by atoms with Crippen LogP contribution in [0.1, 0.15) is 32.6 Å². The standard InChI is InChI=1S/C17H18N2O2/c1-10-5-15(18)16(6-11(10)2)19-17(20)12-3-4-13-8-21-9-14(13)7-12/h3-7H,8-9,18H2,1-2H3,(H,19,20). The Morgan fingerprint density at radius 3 is 2.62 bits per heavy atom. The summed E-state index contributed by atoms with van der Waals surface area (Å²) in [5.74, 6) is -0.153. The number of fused-ring (bicyclic) bond motifs is 1. The van der Waals surface area contributed by atoms with Crippen molar-refractivity contribution in [2.24, 2.45) is 0 Å². The summed E-state index contributed by atoms with van der Waals surface area (Å²) >= 11 is 0. The quantitative estimate of drug-likeness (QED) is 0.832. The molecule has 21 heavy (non-hydrogen) atoms. The van der Waals surface area contributed by atoms with Gasteiger partial charge in [-0.1, -0.05) is 6.07 Å². The molecule has 0 saturated carbocycles. The highest BCUT2D eigenvalue weighted by molar-refractivity contribution is 6.06. The van der Waals surface area contributed by atoms with Gasteiger partial charge in [0, 0.05) is 5.56 Å². The molecular weight excluding hydrogens is 264 g/mol. The van der Waals surface area contributed by atoms with Crippen LogP contribution in [0.5, 0.6) is 0 Å². The fourth-order valence-corrected chi connectivity index (χ4v) is 2.45. The molecule has 4 heteroatoms. The van der Waals surface area contributed by atoms with Crippen LogP contribution in [0.15, 0.2) is 30.3 Å². The highest BCUT2D eigenvalue weighted by Gasteiger charge is 2.15. The Morgan fingerprint density at radius 1 is 1.10 bits per heavy atom. The van der Waals surface area contributed by atoms with Gasteiger partial charge in [-0.2, -0.15) is 0 Å². The van der Waals surface area contributed by atoms with E-state index in [1.807, 2.05) is 44.2 Å². The van der Waals surface area contributed by atoms with Crippen LogP contribution in [0.25, 0.3) is 0 Å². The van der Waals surface area contributed by atoms with E-state index < -0.39 is 0 Å². The highest BCUT2D eigenvalue weighted by Crippen LogP contribution is 2.25. The number of ether oxygens (including phenoxy) is 1. The number of amides is 1. The van der Waals surface area contributed by atoms with Gasteiger partial charge in [0.2, 0.25) is 0 Å². The lowest BCUT2D eigenvalue weighted by molar-refractivity contribution is 0.102. The SMILES string of the molecule is Cc1cc(N)c(NC(=O)c2ccc3c(c2)COC3)cc1C. The Morgan fingerprint density at radius 2 is 1.81 bits per heavy atom. The van der Waals surface area contributed by atoms with Crippen LogP contribution in [-0.4, -0.2) is 5.91 Å². The van der Waals surface area contributed by atoms with Gasteiger partial charge in [-0.25, -0.2) is 0 Å². The maximum absolute atomic E-state index is 12.4. The lowest BCUT2D eigenvalue weighted by Crippen LogP contribution is -2.14. The largest absolute Gasteiger partial charge is 0.397 e. The normalized spacial score (nSPS) is 13.0. The van der Waals surface area contributed by atoms with Gasteiger partial charge in [0.05, 0.1) is 24.6 Å². The van der Waals surface area contributed by atoms with Gasteiger partial charge < -0.3 is 15.8 Å². The van der Waals surface area contributed by atoms with E-state index in [9.17, 15) is 4.79 Å². The Labute approximate surface area is 123 Å². The molecular formula is C17H18N2O2. The van der Waals surface area contributed by atoms with E-state index in [2.05, 4.69) is 5.32 Å². The predicted molar refractivity (Wildman–Crippen MR) is 83.2 cm³/mol. The van der Waals surface area contributed by atoms with E-state index in [4.69, 9.17) is 10.5 Å². The number of rotatable bonds is 2. The number of nitrogens with one attached hydrogen (secondary N) is 1. The third-order valence-electron chi connectivity index (χ3n) is 3.90. The summed E-state index contributed by atoms with van der Waals surface area (Å²) in [6.07, 6.45) is 0. The zero-order valence-corrected chi connectivity index (χ0v) is 12.2. The smallest absolute Gasteiger partial charge is 0.255 e. The molecule has 0 aromatic heterocycles. The number of carbonyl (C=O) groups is 1. The minimum atomic E-state index is -0.153. The molecule has 0 unspecified atom stereocenters. The number of carbonyl (C=O) groups excluding carboxylic acids is 1. The summed E-state index contributed by atoms with van der Waals surface area (Å²) in [5.41, 5.74) is 12.3. The maximum Gasteiger partial charge on any atom is 0.255 e. The van der Waals surface area contributed by atoms with Gasteiger partial charge in [-0.05, 0) is 60.4 Å². The molecule has 1 amide bonds. The Hall–Kier alpha value is -2.33. The van der Waals surface area contributed by atoms with Crippen LogP contribution in [0, 0.1) is 13.8 Å². The molecule has 1 heterocycles. The van der Waals surface area contributed by atoms with E-state index in [0.29, 0.717) is 30.2 Å². The summed E-state index contributed by atoms with van der Waals surface area (Å²) in [6.45, 7) is 5.19. The molecule has 0 fully saturated rings. The van der Waals surface area contributed by atoms with Crippen LogP contribution in [0.4, 0.5) is 11.4 Å². The fraction of sp³-hybridized carbons (Fsp3) is 0.235. The predicted octanol–water partition coefficient (Wildman–Crippen LogP) is 3.17. The van der Waals surface area contributed by atoms with Crippen LogP contribution in [0.2, 0.25) is 0 Å². The van der Waals surface area contributed by atoms with Crippen molar-refractivity contribution in [1.29, 1.82) is 0 Å². The monoisotopic (exact) mass is 282 g/mol. The minimum Gasteiger partial charge on any atom is -0.397 e. The number of aryl methyl sites for hydroxylation is 2. The van der Waals surface area contributed by atoms with Gasteiger partial charge in [0.25, 0.3) is 5.91 Å². The zero-order valence-electron chi connectivity index (χ0n) is 12.2. The topological polar surface area (TPSA) is 64.3 Å². The lowest BCUT2D eigenvalue weighted by atomic mass is 10.1. The van der Waals surface area contributed by atoms with Crippen molar-refractivity contribution in [3.05, 3.63) is 58.1 Å². The summed E-state index contributed by atoms with van der Waals surface area (Å²) < 4.78 is 5.36. The number of hydrogen-bond donors (Lipinski definition) is 2. The molecule has 0 atom stereocenters. The zero-order chi connectivity index (χ0) is 15.0. The summed E-state index contributed by atoms with van der Waals surface area (Å²) in [6, 6.07) is 9.43. The summed E-state index contributed by atoms with van der Waals surface area (Å²) in [4.78, 5) is 12.4. The average molecular weight is 282 g/mol. The van der Waals surface area contributed by atoms with E-state index >= 15 is 0 Å². The Bertz CT molecular complexity index is 723. The van der Waals surface area contributed by atoms with E-state index in [-0.39, 0.29) is 5.91 Å². The lowest BCUT2D eigenvalue weighted by Gasteiger charge is -2.11. The number of anilines is 2. The van der Waals surface area contributed by atoms with Gasteiger partial charge in [0.1, 0.15) is 0 Å². The summed E-state index contributed by atoms with van der Waals surface area (Å²) in [5, 5.41) is 2.88. The third-order valence-corrected chi connectivity index (χ3v) is 3.90. The molecule has 0 radical (unpaired) electrons. The van der Waals surface area contributed by atoms with E-state index in [0.717, 1.165) is 22.3 Å². The molecule has 0 saturated heterocycles. The highest BCUT2D eigenvalue weighted by atomic mass is 16.5. The Kier molecular flexibility index (Phi) is 3.39. The Balaban J connectivity index is 1.85. The first kappa shape index (κ1) is 13.6. The second kappa shape index (κ2) is 5.22. The van der Waals surface area contributed by atoms with Crippen molar-refractivity contribution >= 4 is 17.3 Å². The fourth-order valence-electron chi connectivity index (χ4n) is 2.45. The maximum atomic E-state index is 12.4. The van der Waals surface area contributed by atoms with Gasteiger partial charge >= 0.3 is 0 Å². The number of hydrogen-bond acceptors (Lipinski definition) is 3. The van der Waals surface area contributed by atoms with Crippen molar-refractivity contribution in [2.75, 3.05) is 11.1 Å². The second-order valence-electron chi connectivity index (χ2n) is 5.45. The molecule has 1 aliphatic heterocycles. The second-order valence-corrected chi connectivity index (χ2v) is 5.45. The van der Waals surface area contributed by atoms with Crippen LogP contribution < -0.4 is 11.1 Å². The van der Waals surface area contributed by atoms with Crippen LogP contribution in [-0.2, 0) is 18.0 Å². The molecule has 3 N–H and O–H groups in total. The molecule has 108 valence electrons. The van der Waals surface area contributed by atoms with Crippen molar-refractivity contribution in [3.8, 4) is 0 Å². The van der Waals surface area contributed by atoms with Crippen molar-refractivity contribution in [1.82, 2.24) is 0 Å². The van der Waals surface area contributed by atoms with Crippen molar-refractivity contribution in [2.45, 2.75) is 27.1 Å². The van der Waals surface area contributed by atoms with Crippen LogP contribution >= 0.6 is 0 Å².